The fourth-order valence-electron chi connectivity index (χ4n) is 4.02. The number of amides is 1. The maximum Gasteiger partial charge on any atom is 0.226 e. The van der Waals surface area contributed by atoms with Crippen LogP contribution in [0.4, 0.5) is 0 Å². The Bertz CT molecular complexity index is 365. The lowest BCUT2D eigenvalue weighted by Crippen LogP contribution is -2.46. The highest BCUT2D eigenvalue weighted by Crippen LogP contribution is 2.39. The van der Waals surface area contributed by atoms with Gasteiger partial charge in [-0.25, -0.2) is 0 Å². The van der Waals surface area contributed by atoms with Gasteiger partial charge >= 0.3 is 0 Å². The second-order valence-corrected chi connectivity index (χ2v) is 6.63. The summed E-state index contributed by atoms with van der Waals surface area (Å²) in [6.45, 7) is 4.56. The number of hydrogen-bond acceptors (Lipinski definition) is 1. The predicted molar refractivity (Wildman–Crippen MR) is 73.2 cm³/mol. The van der Waals surface area contributed by atoms with Gasteiger partial charge in [-0.3, -0.25) is 4.79 Å². The first-order valence-electron chi connectivity index (χ1n) is 7.69. The average Bonchev–Trinajstić information content (AvgIpc) is 2.95. The summed E-state index contributed by atoms with van der Waals surface area (Å²) in [6, 6.07) is 0.944. The monoisotopic (exact) mass is 247 g/mol. The summed E-state index contributed by atoms with van der Waals surface area (Å²) in [4.78, 5) is 14.9. The van der Waals surface area contributed by atoms with E-state index in [9.17, 15) is 4.79 Å². The van der Waals surface area contributed by atoms with Crippen molar-refractivity contribution in [3.8, 4) is 0 Å². The van der Waals surface area contributed by atoms with E-state index in [1.807, 2.05) is 0 Å². The van der Waals surface area contributed by atoms with Crippen molar-refractivity contribution in [3.05, 3.63) is 11.6 Å². The second-order valence-electron chi connectivity index (χ2n) is 6.63. The third-order valence-electron chi connectivity index (χ3n) is 5.12. The van der Waals surface area contributed by atoms with Gasteiger partial charge in [0, 0.05) is 12.0 Å². The van der Waals surface area contributed by atoms with Gasteiger partial charge in [0.1, 0.15) is 0 Å². The Balaban J connectivity index is 1.77. The molecule has 100 valence electrons. The van der Waals surface area contributed by atoms with Gasteiger partial charge in [-0.1, -0.05) is 38.3 Å². The number of nitrogens with zero attached hydrogens (tertiary/aromatic N) is 1. The smallest absolute Gasteiger partial charge is 0.226 e. The van der Waals surface area contributed by atoms with E-state index >= 15 is 0 Å². The first-order chi connectivity index (χ1) is 8.66. The third-order valence-corrected chi connectivity index (χ3v) is 5.12. The number of carbonyl (C=O) groups is 1. The van der Waals surface area contributed by atoms with Gasteiger partial charge in [-0.15, -0.1) is 0 Å². The molecule has 1 saturated heterocycles. The van der Waals surface area contributed by atoms with Crippen molar-refractivity contribution < 1.29 is 4.79 Å². The van der Waals surface area contributed by atoms with Crippen LogP contribution in [-0.2, 0) is 4.79 Å². The molecule has 0 radical (unpaired) electrons. The molecular weight excluding hydrogens is 222 g/mol. The zero-order valence-electron chi connectivity index (χ0n) is 11.7. The molecule has 0 aromatic carbocycles. The van der Waals surface area contributed by atoms with Gasteiger partial charge in [0.2, 0.25) is 5.91 Å². The van der Waals surface area contributed by atoms with Gasteiger partial charge in [0.05, 0.1) is 6.04 Å². The molecule has 2 nitrogen and oxygen atoms in total. The molecule has 0 spiro atoms. The van der Waals surface area contributed by atoms with Gasteiger partial charge in [0.15, 0.2) is 0 Å². The molecule has 2 unspecified atom stereocenters. The summed E-state index contributed by atoms with van der Waals surface area (Å²) in [5.41, 5.74) is 1.58. The van der Waals surface area contributed by atoms with E-state index in [0.29, 0.717) is 29.8 Å². The molecule has 2 fully saturated rings. The summed E-state index contributed by atoms with van der Waals surface area (Å²) < 4.78 is 0. The normalized spacial score (nSPS) is 32.2. The molecular formula is C16H25NO. The van der Waals surface area contributed by atoms with Crippen molar-refractivity contribution in [2.75, 3.05) is 0 Å². The van der Waals surface area contributed by atoms with E-state index < -0.39 is 0 Å². The van der Waals surface area contributed by atoms with Crippen LogP contribution >= 0.6 is 0 Å². The highest BCUT2D eigenvalue weighted by atomic mass is 16.2. The largest absolute Gasteiger partial charge is 0.333 e. The quantitative estimate of drug-likeness (QED) is 0.684. The van der Waals surface area contributed by atoms with E-state index in [1.165, 1.54) is 25.7 Å². The van der Waals surface area contributed by atoms with Crippen LogP contribution in [0.5, 0.6) is 0 Å². The summed E-state index contributed by atoms with van der Waals surface area (Å²) in [7, 11) is 0. The van der Waals surface area contributed by atoms with Gasteiger partial charge in [-0.2, -0.15) is 0 Å². The van der Waals surface area contributed by atoms with Crippen molar-refractivity contribution in [2.45, 2.75) is 70.9 Å². The predicted octanol–water partition coefficient (Wildman–Crippen LogP) is 3.52. The first-order valence-corrected chi connectivity index (χ1v) is 7.69. The van der Waals surface area contributed by atoms with Crippen molar-refractivity contribution in [2.24, 2.45) is 11.8 Å². The van der Waals surface area contributed by atoms with Crippen LogP contribution in [0.15, 0.2) is 11.6 Å². The fraction of sp³-hybridized carbons (Fsp3) is 0.812. The van der Waals surface area contributed by atoms with Crippen LogP contribution in [0.1, 0.15) is 58.8 Å². The van der Waals surface area contributed by atoms with Crippen molar-refractivity contribution >= 4 is 5.91 Å². The van der Waals surface area contributed by atoms with Crippen LogP contribution in [0.2, 0.25) is 0 Å². The van der Waals surface area contributed by atoms with Crippen LogP contribution in [0.25, 0.3) is 0 Å². The number of hydrogen-bond donors (Lipinski definition) is 0. The topological polar surface area (TPSA) is 20.3 Å². The summed E-state index contributed by atoms with van der Waals surface area (Å²) in [5.74, 6) is 1.47. The van der Waals surface area contributed by atoms with E-state index in [2.05, 4.69) is 24.8 Å². The molecule has 1 amide bonds. The van der Waals surface area contributed by atoms with Crippen LogP contribution in [0, 0.1) is 11.8 Å². The number of carbonyl (C=O) groups excluding carboxylic acids is 1. The van der Waals surface area contributed by atoms with Crippen LogP contribution in [0.3, 0.4) is 0 Å². The highest BCUT2D eigenvalue weighted by Gasteiger charge is 2.42. The van der Waals surface area contributed by atoms with E-state index in [0.717, 1.165) is 19.3 Å². The molecule has 1 saturated carbocycles. The van der Waals surface area contributed by atoms with Crippen LogP contribution < -0.4 is 0 Å². The molecule has 18 heavy (non-hydrogen) atoms. The Kier molecular flexibility index (Phi) is 3.21. The Labute approximate surface area is 110 Å². The molecule has 0 N–H and O–H groups in total. The van der Waals surface area contributed by atoms with E-state index in [1.54, 1.807) is 5.57 Å². The zero-order chi connectivity index (χ0) is 12.7. The van der Waals surface area contributed by atoms with E-state index in [4.69, 9.17) is 0 Å². The summed E-state index contributed by atoms with van der Waals surface area (Å²) in [5, 5.41) is 0. The molecule has 3 aliphatic rings. The lowest BCUT2D eigenvalue weighted by Gasteiger charge is -2.36. The second kappa shape index (κ2) is 4.71. The fourth-order valence-corrected chi connectivity index (χ4v) is 4.02. The SMILES string of the molecule is CC(C)C1=CC2CCC(C1)N2C(=O)C1CCCC1. The molecule has 3 rings (SSSR count). The van der Waals surface area contributed by atoms with Gasteiger partial charge < -0.3 is 4.90 Å². The molecule has 1 aliphatic carbocycles. The summed E-state index contributed by atoms with van der Waals surface area (Å²) in [6.07, 6.45) is 10.7. The molecule has 2 bridgehead atoms. The molecule has 2 heteroatoms. The number of rotatable bonds is 2. The maximum absolute atomic E-state index is 12.6. The third kappa shape index (κ3) is 2.00. The number of fused-ring (bicyclic) bond motifs is 2. The molecule has 2 atom stereocenters. The zero-order valence-corrected chi connectivity index (χ0v) is 11.7. The van der Waals surface area contributed by atoms with Crippen molar-refractivity contribution in [1.82, 2.24) is 4.90 Å². The standard InChI is InChI=1S/C16H25NO/c1-11(2)13-9-14-7-8-15(10-13)17(14)16(18)12-5-3-4-6-12/h9,11-12,14-15H,3-8,10H2,1-2H3. The van der Waals surface area contributed by atoms with Crippen LogP contribution in [-0.4, -0.2) is 22.9 Å². The Morgan fingerprint density at radius 2 is 1.94 bits per heavy atom. The Hall–Kier alpha value is -0.790. The summed E-state index contributed by atoms with van der Waals surface area (Å²) >= 11 is 0. The maximum atomic E-state index is 12.6. The minimum atomic E-state index is 0.349. The molecule has 2 heterocycles. The van der Waals surface area contributed by atoms with Gasteiger partial charge in [0.25, 0.3) is 0 Å². The average molecular weight is 247 g/mol. The minimum absolute atomic E-state index is 0.349. The van der Waals surface area contributed by atoms with Crippen molar-refractivity contribution in [3.63, 3.8) is 0 Å². The lowest BCUT2D eigenvalue weighted by molar-refractivity contribution is -0.137. The van der Waals surface area contributed by atoms with Crippen molar-refractivity contribution in [1.29, 1.82) is 0 Å². The Morgan fingerprint density at radius 1 is 1.22 bits per heavy atom. The molecule has 0 aromatic heterocycles. The lowest BCUT2D eigenvalue weighted by atomic mass is 9.91. The first kappa shape index (κ1) is 12.3. The minimum Gasteiger partial charge on any atom is -0.333 e. The molecule has 2 aliphatic heterocycles. The Morgan fingerprint density at radius 3 is 2.56 bits per heavy atom. The van der Waals surface area contributed by atoms with Gasteiger partial charge in [-0.05, 0) is 38.0 Å². The molecule has 0 aromatic rings. The highest BCUT2D eigenvalue weighted by molar-refractivity contribution is 5.80. The van der Waals surface area contributed by atoms with E-state index in [-0.39, 0.29) is 0 Å².